The largest absolute Gasteiger partial charge is 0.372 e. The van der Waals surface area contributed by atoms with Crippen molar-refractivity contribution in [2.45, 2.75) is 38.5 Å². The standard InChI is InChI=1S/C11H20N2O2/c1-4-5-10(12)11(14)13-6-8(2)15-9(3)7-13/h4,8-10H,1,5-7,12H2,2-3H3/t8-,9+,10?. The lowest BCUT2D eigenvalue weighted by atomic mass is 10.1. The van der Waals surface area contributed by atoms with Gasteiger partial charge in [0, 0.05) is 13.1 Å². The van der Waals surface area contributed by atoms with Gasteiger partial charge in [0.05, 0.1) is 18.2 Å². The first-order valence-corrected chi connectivity index (χ1v) is 5.35. The quantitative estimate of drug-likeness (QED) is 0.694. The second-order valence-corrected chi connectivity index (χ2v) is 4.13. The van der Waals surface area contributed by atoms with Gasteiger partial charge < -0.3 is 15.4 Å². The summed E-state index contributed by atoms with van der Waals surface area (Å²) in [6.45, 7) is 8.78. The number of rotatable bonds is 3. The van der Waals surface area contributed by atoms with Crippen molar-refractivity contribution in [1.29, 1.82) is 0 Å². The molecule has 0 spiro atoms. The van der Waals surface area contributed by atoms with E-state index in [1.165, 1.54) is 0 Å². The predicted octanol–water partition coefficient (Wildman–Crippen LogP) is 0.526. The van der Waals surface area contributed by atoms with E-state index in [1.54, 1.807) is 11.0 Å². The second kappa shape index (κ2) is 5.28. The van der Waals surface area contributed by atoms with Crippen molar-refractivity contribution in [3.05, 3.63) is 12.7 Å². The van der Waals surface area contributed by atoms with Gasteiger partial charge in [-0.1, -0.05) is 6.08 Å². The van der Waals surface area contributed by atoms with Crippen LogP contribution in [0.15, 0.2) is 12.7 Å². The molecule has 1 saturated heterocycles. The normalized spacial score (nSPS) is 28.6. The molecule has 1 amide bonds. The molecule has 0 aromatic rings. The van der Waals surface area contributed by atoms with E-state index < -0.39 is 6.04 Å². The highest BCUT2D eigenvalue weighted by molar-refractivity contribution is 5.82. The van der Waals surface area contributed by atoms with Crippen LogP contribution in [0.5, 0.6) is 0 Å². The van der Waals surface area contributed by atoms with Crippen LogP contribution in [0.4, 0.5) is 0 Å². The fraction of sp³-hybridized carbons (Fsp3) is 0.727. The molecule has 3 atom stereocenters. The fourth-order valence-electron chi connectivity index (χ4n) is 1.87. The minimum absolute atomic E-state index is 0.00287. The highest BCUT2D eigenvalue weighted by Crippen LogP contribution is 2.12. The van der Waals surface area contributed by atoms with Gasteiger partial charge >= 0.3 is 0 Å². The molecule has 4 nitrogen and oxygen atoms in total. The van der Waals surface area contributed by atoms with Crippen LogP contribution in [-0.4, -0.2) is 42.1 Å². The minimum Gasteiger partial charge on any atom is -0.372 e. The van der Waals surface area contributed by atoms with Crippen molar-refractivity contribution in [1.82, 2.24) is 4.90 Å². The second-order valence-electron chi connectivity index (χ2n) is 4.13. The van der Waals surface area contributed by atoms with Gasteiger partial charge in [-0.15, -0.1) is 6.58 Å². The van der Waals surface area contributed by atoms with Gasteiger partial charge in [-0.2, -0.15) is 0 Å². The Bertz CT molecular complexity index is 233. The van der Waals surface area contributed by atoms with Crippen molar-refractivity contribution in [2.75, 3.05) is 13.1 Å². The van der Waals surface area contributed by atoms with E-state index >= 15 is 0 Å². The van der Waals surface area contributed by atoms with Gasteiger partial charge in [0.1, 0.15) is 0 Å². The molecule has 1 aliphatic rings. The smallest absolute Gasteiger partial charge is 0.239 e. The van der Waals surface area contributed by atoms with Crippen LogP contribution in [0.3, 0.4) is 0 Å². The summed E-state index contributed by atoms with van der Waals surface area (Å²) in [6.07, 6.45) is 2.39. The van der Waals surface area contributed by atoms with E-state index in [-0.39, 0.29) is 18.1 Å². The average molecular weight is 212 g/mol. The number of nitrogens with two attached hydrogens (primary N) is 1. The molecule has 0 aromatic carbocycles. The SMILES string of the molecule is C=CCC(N)C(=O)N1C[C@@H](C)O[C@@H](C)C1. The molecule has 0 radical (unpaired) electrons. The lowest BCUT2D eigenvalue weighted by Gasteiger charge is -2.36. The van der Waals surface area contributed by atoms with Gasteiger partial charge in [-0.25, -0.2) is 0 Å². The maximum atomic E-state index is 11.9. The average Bonchev–Trinajstić information content (AvgIpc) is 2.15. The Kier molecular flexibility index (Phi) is 4.29. The summed E-state index contributed by atoms with van der Waals surface area (Å²) in [5, 5.41) is 0. The summed E-state index contributed by atoms with van der Waals surface area (Å²) in [7, 11) is 0. The Labute approximate surface area is 91.1 Å². The van der Waals surface area contributed by atoms with Crippen LogP contribution in [0.2, 0.25) is 0 Å². The van der Waals surface area contributed by atoms with Crippen LogP contribution in [-0.2, 0) is 9.53 Å². The summed E-state index contributed by atoms with van der Waals surface area (Å²) < 4.78 is 5.55. The van der Waals surface area contributed by atoms with E-state index in [0.29, 0.717) is 19.5 Å². The Morgan fingerprint density at radius 3 is 2.60 bits per heavy atom. The molecule has 1 unspecified atom stereocenters. The third kappa shape index (κ3) is 3.32. The van der Waals surface area contributed by atoms with E-state index in [9.17, 15) is 4.79 Å². The summed E-state index contributed by atoms with van der Waals surface area (Å²) in [5.41, 5.74) is 5.75. The van der Waals surface area contributed by atoms with Crippen molar-refractivity contribution >= 4 is 5.91 Å². The molecule has 0 saturated carbocycles. The number of hydrogen-bond donors (Lipinski definition) is 1. The molecule has 15 heavy (non-hydrogen) atoms. The summed E-state index contributed by atoms with van der Waals surface area (Å²) in [4.78, 5) is 13.7. The molecule has 0 aromatic heterocycles. The summed E-state index contributed by atoms with van der Waals surface area (Å²) in [6, 6.07) is -0.458. The zero-order chi connectivity index (χ0) is 11.4. The molecule has 2 N–H and O–H groups in total. The van der Waals surface area contributed by atoms with Crippen molar-refractivity contribution in [2.24, 2.45) is 5.73 Å². The maximum Gasteiger partial charge on any atom is 0.239 e. The number of ether oxygens (including phenoxy) is 1. The third-order valence-corrected chi connectivity index (χ3v) is 2.47. The first-order valence-electron chi connectivity index (χ1n) is 5.35. The lowest BCUT2D eigenvalue weighted by Crippen LogP contribution is -2.53. The maximum absolute atomic E-state index is 11.9. The monoisotopic (exact) mass is 212 g/mol. The Morgan fingerprint density at radius 2 is 2.13 bits per heavy atom. The number of carbonyl (C=O) groups is 1. The number of hydrogen-bond acceptors (Lipinski definition) is 3. The molecule has 1 fully saturated rings. The van der Waals surface area contributed by atoms with Gasteiger partial charge in [0.15, 0.2) is 0 Å². The molecule has 0 bridgehead atoms. The minimum atomic E-state index is -0.458. The molecule has 1 heterocycles. The van der Waals surface area contributed by atoms with Gasteiger partial charge in [-0.3, -0.25) is 4.79 Å². The molecule has 1 rings (SSSR count). The van der Waals surface area contributed by atoms with Crippen LogP contribution >= 0.6 is 0 Å². The van der Waals surface area contributed by atoms with Crippen molar-refractivity contribution in [3.63, 3.8) is 0 Å². The van der Waals surface area contributed by atoms with Crippen LogP contribution < -0.4 is 5.73 Å². The number of amides is 1. The topological polar surface area (TPSA) is 55.6 Å². The summed E-state index contributed by atoms with van der Waals surface area (Å²) in [5.74, 6) is -0.00287. The van der Waals surface area contributed by atoms with E-state index in [4.69, 9.17) is 10.5 Å². The zero-order valence-electron chi connectivity index (χ0n) is 9.48. The first kappa shape index (κ1) is 12.2. The van der Waals surface area contributed by atoms with E-state index in [2.05, 4.69) is 6.58 Å². The van der Waals surface area contributed by atoms with Gasteiger partial charge in [0.2, 0.25) is 5.91 Å². The molecule has 4 heteroatoms. The number of carbonyl (C=O) groups excluding carboxylic acids is 1. The highest BCUT2D eigenvalue weighted by atomic mass is 16.5. The molecular weight excluding hydrogens is 192 g/mol. The Morgan fingerprint density at radius 1 is 1.60 bits per heavy atom. The third-order valence-electron chi connectivity index (χ3n) is 2.47. The highest BCUT2D eigenvalue weighted by Gasteiger charge is 2.28. The number of morpholine rings is 1. The predicted molar refractivity (Wildman–Crippen MR) is 59.4 cm³/mol. The van der Waals surface area contributed by atoms with E-state index in [0.717, 1.165) is 0 Å². The van der Waals surface area contributed by atoms with Crippen molar-refractivity contribution < 1.29 is 9.53 Å². The fourth-order valence-corrected chi connectivity index (χ4v) is 1.87. The van der Waals surface area contributed by atoms with Crippen LogP contribution in [0.1, 0.15) is 20.3 Å². The molecule has 86 valence electrons. The van der Waals surface area contributed by atoms with Gasteiger partial charge in [0.25, 0.3) is 0 Å². The molecule has 1 aliphatic heterocycles. The van der Waals surface area contributed by atoms with Crippen LogP contribution in [0.25, 0.3) is 0 Å². The number of nitrogens with zero attached hydrogens (tertiary/aromatic N) is 1. The van der Waals surface area contributed by atoms with Gasteiger partial charge in [-0.05, 0) is 20.3 Å². The summed E-state index contributed by atoms with van der Waals surface area (Å²) >= 11 is 0. The molecular formula is C11H20N2O2. The zero-order valence-corrected chi connectivity index (χ0v) is 9.48. The van der Waals surface area contributed by atoms with Crippen molar-refractivity contribution in [3.8, 4) is 0 Å². The first-order chi connectivity index (χ1) is 7.04. The molecule has 0 aliphatic carbocycles. The Hall–Kier alpha value is -0.870. The Balaban J connectivity index is 2.54. The lowest BCUT2D eigenvalue weighted by molar-refractivity contribution is -0.144. The van der Waals surface area contributed by atoms with E-state index in [1.807, 2.05) is 13.8 Å². The van der Waals surface area contributed by atoms with Crippen LogP contribution in [0, 0.1) is 0 Å².